The first kappa shape index (κ1) is 26.7. The quantitative estimate of drug-likeness (QED) is 0.296. The molecule has 0 saturated heterocycles. The van der Waals surface area contributed by atoms with E-state index in [1.807, 2.05) is 13.8 Å². The number of Topliss-reactive ketones (excluding diaryl/α,β-unsaturated/α-hetero) is 1. The maximum Gasteiger partial charge on any atom is 0.336 e. The molecule has 0 fully saturated rings. The fourth-order valence-corrected chi connectivity index (χ4v) is 5.17. The average molecular weight is 504 g/mol. The number of methoxy groups -OCH3 is 1. The Hall–Kier alpha value is -2.94. The number of benzene rings is 1. The summed E-state index contributed by atoms with van der Waals surface area (Å²) in [4.78, 5) is 39.6. The second-order valence-corrected chi connectivity index (χ2v) is 9.92. The molecule has 9 heteroatoms. The van der Waals surface area contributed by atoms with E-state index in [4.69, 9.17) is 14.2 Å². The van der Waals surface area contributed by atoms with Gasteiger partial charge in [-0.25, -0.2) is 4.79 Å². The first-order valence-electron chi connectivity index (χ1n) is 11.8. The second kappa shape index (κ2) is 11.7. The summed E-state index contributed by atoms with van der Waals surface area (Å²) < 4.78 is 16.1. The number of allylic oxidation sites excluding steroid dienone is 3. The molecule has 1 aliphatic heterocycles. The van der Waals surface area contributed by atoms with Crippen LogP contribution in [0, 0.1) is 11.8 Å². The van der Waals surface area contributed by atoms with Gasteiger partial charge in [-0.15, -0.1) is 0 Å². The van der Waals surface area contributed by atoms with Crippen LogP contribution in [0.5, 0.6) is 11.5 Å². The van der Waals surface area contributed by atoms with Gasteiger partial charge in [0.1, 0.15) is 12.5 Å². The number of nitrogens with one attached hydrogen (secondary N) is 1. The predicted octanol–water partition coefficient (Wildman–Crippen LogP) is 3.70. The summed E-state index contributed by atoms with van der Waals surface area (Å²) in [6, 6.07) is 4.77. The third-order valence-corrected chi connectivity index (χ3v) is 7.11. The fraction of sp³-hybridized carbons (Fsp3) is 0.500. The number of phenolic OH excluding ortho intramolecular Hbond substituents is 1. The molecule has 35 heavy (non-hydrogen) atoms. The van der Waals surface area contributed by atoms with Crippen LogP contribution >= 0.6 is 11.8 Å². The van der Waals surface area contributed by atoms with Crippen LogP contribution in [0.3, 0.4) is 0 Å². The smallest absolute Gasteiger partial charge is 0.336 e. The van der Waals surface area contributed by atoms with Crippen LogP contribution in [0.15, 0.2) is 40.7 Å². The number of carbonyl (C=O) groups is 3. The zero-order chi connectivity index (χ0) is 25.7. The Labute approximate surface area is 210 Å². The zero-order valence-corrected chi connectivity index (χ0v) is 21.6. The van der Waals surface area contributed by atoms with Crippen molar-refractivity contribution in [3.8, 4) is 11.5 Å². The van der Waals surface area contributed by atoms with Crippen molar-refractivity contribution >= 4 is 29.5 Å². The number of phenols is 1. The van der Waals surface area contributed by atoms with Gasteiger partial charge < -0.3 is 24.6 Å². The molecular weight excluding hydrogens is 470 g/mol. The lowest BCUT2D eigenvalue weighted by Crippen LogP contribution is -2.43. The molecule has 1 aliphatic carbocycles. The highest BCUT2D eigenvalue weighted by molar-refractivity contribution is 7.99. The van der Waals surface area contributed by atoms with Gasteiger partial charge in [-0.1, -0.05) is 19.9 Å². The fourth-order valence-electron chi connectivity index (χ4n) is 4.68. The molecule has 8 nitrogen and oxygen atoms in total. The Morgan fingerprint density at radius 1 is 1.26 bits per heavy atom. The molecule has 0 bridgehead atoms. The van der Waals surface area contributed by atoms with E-state index in [0.29, 0.717) is 46.9 Å². The molecule has 2 aliphatic rings. The Morgan fingerprint density at radius 3 is 2.66 bits per heavy atom. The largest absolute Gasteiger partial charge is 0.504 e. The standard InChI is InChI=1S/C26H33NO7S/c1-6-33-19-13-16(8-9-18(19)28)22-21(26(31)34-10-11-35-7-2)15(4)27-17-12-14(3)20(25(30)32-5)24(29)23(17)22/h8-9,13-14,20,22,27-28H,6-7,10-12H2,1-5H3/t14-,20+,22-/m1/s1. The molecular formula is C26H33NO7S. The minimum atomic E-state index is -0.969. The van der Waals surface area contributed by atoms with Gasteiger partial charge in [0.05, 0.1) is 19.3 Å². The van der Waals surface area contributed by atoms with Crippen LogP contribution in [0.1, 0.15) is 45.6 Å². The number of hydrogen-bond donors (Lipinski definition) is 2. The average Bonchev–Trinajstić information content (AvgIpc) is 2.82. The number of carbonyl (C=O) groups excluding carboxylic acids is 3. The number of ether oxygens (including phenoxy) is 3. The maximum atomic E-state index is 13.7. The van der Waals surface area contributed by atoms with Gasteiger partial charge in [0, 0.05) is 28.6 Å². The third-order valence-electron chi connectivity index (χ3n) is 6.24. The molecule has 2 N–H and O–H groups in total. The lowest BCUT2D eigenvalue weighted by atomic mass is 9.69. The Morgan fingerprint density at radius 2 is 2.00 bits per heavy atom. The molecule has 0 saturated carbocycles. The molecule has 0 radical (unpaired) electrons. The minimum absolute atomic E-state index is 0.0452. The molecule has 1 heterocycles. The summed E-state index contributed by atoms with van der Waals surface area (Å²) in [5.74, 6) is -1.76. The van der Waals surface area contributed by atoms with Gasteiger partial charge in [-0.3, -0.25) is 9.59 Å². The van der Waals surface area contributed by atoms with Crippen LogP contribution in [0.25, 0.3) is 0 Å². The first-order chi connectivity index (χ1) is 16.7. The molecule has 3 atom stereocenters. The number of ketones is 1. The number of rotatable bonds is 9. The Bertz CT molecular complexity index is 1060. The van der Waals surface area contributed by atoms with E-state index in [0.717, 1.165) is 5.75 Å². The van der Waals surface area contributed by atoms with E-state index in [2.05, 4.69) is 5.32 Å². The van der Waals surface area contributed by atoms with Gasteiger partial charge >= 0.3 is 11.9 Å². The highest BCUT2D eigenvalue weighted by Gasteiger charge is 2.47. The van der Waals surface area contributed by atoms with E-state index in [1.165, 1.54) is 13.2 Å². The van der Waals surface area contributed by atoms with E-state index in [9.17, 15) is 19.5 Å². The van der Waals surface area contributed by atoms with Gasteiger partial charge in [-0.05, 0) is 49.6 Å². The van der Waals surface area contributed by atoms with Crippen molar-refractivity contribution in [2.45, 2.75) is 40.0 Å². The monoisotopic (exact) mass is 503 g/mol. The van der Waals surface area contributed by atoms with Gasteiger partial charge in [0.2, 0.25) is 0 Å². The summed E-state index contributed by atoms with van der Waals surface area (Å²) in [6.07, 6.45) is 0.445. The van der Waals surface area contributed by atoms with Crippen molar-refractivity contribution in [2.75, 3.05) is 31.8 Å². The topological polar surface area (TPSA) is 111 Å². The van der Waals surface area contributed by atoms with Gasteiger partial charge in [-0.2, -0.15) is 11.8 Å². The van der Waals surface area contributed by atoms with Crippen molar-refractivity contribution in [3.63, 3.8) is 0 Å². The highest BCUT2D eigenvalue weighted by Crippen LogP contribution is 2.46. The summed E-state index contributed by atoms with van der Waals surface area (Å²) in [7, 11) is 1.26. The minimum Gasteiger partial charge on any atom is -0.504 e. The number of thioether (sulfide) groups is 1. The number of aromatic hydroxyl groups is 1. The van der Waals surface area contributed by atoms with Crippen LogP contribution in [-0.2, 0) is 23.9 Å². The van der Waals surface area contributed by atoms with Crippen molar-refractivity contribution < 1.29 is 33.7 Å². The molecule has 190 valence electrons. The second-order valence-electron chi connectivity index (χ2n) is 8.53. The van der Waals surface area contributed by atoms with Crippen LogP contribution in [-0.4, -0.2) is 54.7 Å². The van der Waals surface area contributed by atoms with Crippen molar-refractivity contribution in [2.24, 2.45) is 11.8 Å². The molecule has 1 aromatic carbocycles. The predicted molar refractivity (Wildman–Crippen MR) is 133 cm³/mol. The SMILES string of the molecule is CCOc1cc([C@@H]2C(C(=O)OCCSCC)=C(C)NC3=C2C(=O)[C@@H](C(=O)OC)[C@H](C)C3)ccc1O. The van der Waals surface area contributed by atoms with Gasteiger partial charge in [0.25, 0.3) is 0 Å². The first-order valence-corrected chi connectivity index (χ1v) is 12.9. The van der Waals surface area contributed by atoms with E-state index in [1.54, 1.807) is 37.7 Å². The summed E-state index contributed by atoms with van der Waals surface area (Å²) in [5, 5.41) is 13.5. The lowest BCUT2D eigenvalue weighted by Gasteiger charge is -2.38. The van der Waals surface area contributed by atoms with Crippen molar-refractivity contribution in [1.29, 1.82) is 0 Å². The van der Waals surface area contributed by atoms with Crippen LogP contribution in [0.4, 0.5) is 0 Å². The molecule has 3 rings (SSSR count). The molecule has 0 amide bonds. The maximum absolute atomic E-state index is 13.7. The molecule has 0 unspecified atom stereocenters. The Kier molecular flexibility index (Phi) is 8.88. The van der Waals surface area contributed by atoms with E-state index >= 15 is 0 Å². The summed E-state index contributed by atoms with van der Waals surface area (Å²) >= 11 is 1.66. The molecule has 1 aromatic rings. The van der Waals surface area contributed by atoms with Gasteiger partial charge in [0.15, 0.2) is 17.3 Å². The van der Waals surface area contributed by atoms with Crippen molar-refractivity contribution in [3.05, 3.63) is 46.3 Å². The number of dihydropyridines is 1. The molecule has 0 aromatic heterocycles. The lowest BCUT2D eigenvalue weighted by molar-refractivity contribution is -0.151. The number of hydrogen-bond acceptors (Lipinski definition) is 9. The zero-order valence-electron chi connectivity index (χ0n) is 20.8. The Balaban J connectivity index is 2.12. The normalized spacial score (nSPS) is 21.9. The molecule has 0 spiro atoms. The number of esters is 2. The van der Waals surface area contributed by atoms with Crippen molar-refractivity contribution in [1.82, 2.24) is 5.32 Å². The van der Waals surface area contributed by atoms with Crippen LogP contribution in [0.2, 0.25) is 0 Å². The summed E-state index contributed by atoms with van der Waals surface area (Å²) in [6.45, 7) is 8.01. The van der Waals surface area contributed by atoms with Crippen LogP contribution < -0.4 is 10.1 Å². The third kappa shape index (κ3) is 5.50. The van der Waals surface area contributed by atoms with E-state index in [-0.39, 0.29) is 29.8 Å². The van der Waals surface area contributed by atoms with E-state index < -0.39 is 23.8 Å². The highest BCUT2D eigenvalue weighted by atomic mass is 32.2. The summed E-state index contributed by atoms with van der Waals surface area (Å²) in [5.41, 5.74) is 2.48.